The number of nitrogens with one attached hydrogen (secondary N) is 1. The fourth-order valence-electron chi connectivity index (χ4n) is 3.21. The van der Waals surface area contributed by atoms with Crippen molar-refractivity contribution in [3.63, 3.8) is 0 Å². The number of aryl methyl sites for hydroxylation is 2. The third-order valence-electron chi connectivity index (χ3n) is 4.69. The van der Waals surface area contributed by atoms with Gasteiger partial charge < -0.3 is 14.4 Å². The Hall–Kier alpha value is -3.42. The number of benzene rings is 2. The van der Waals surface area contributed by atoms with Gasteiger partial charge in [0.05, 0.1) is 30.4 Å². The van der Waals surface area contributed by atoms with Crippen LogP contribution in [-0.4, -0.2) is 46.6 Å². The Kier molecular flexibility index (Phi) is 10.0. The standard InChI is InChI=1S/C24H29N3O6S/c1-4-32-21-6-8-22(9-7-21)34(30,31)26-12-10-24(29)33-17-23(28)27(13-5-11-25)20-15-18(2)14-19(3)16-20/h6-9,14-16,26H,4-5,10,12-13,17H2,1-3H3. The lowest BCUT2D eigenvalue weighted by molar-refractivity contribution is -0.147. The Balaban J connectivity index is 1.89. The van der Waals surface area contributed by atoms with E-state index in [4.69, 9.17) is 14.7 Å². The van der Waals surface area contributed by atoms with Crippen molar-refractivity contribution >= 4 is 27.6 Å². The fourth-order valence-corrected chi connectivity index (χ4v) is 4.24. The molecule has 182 valence electrons. The van der Waals surface area contributed by atoms with E-state index in [0.717, 1.165) is 11.1 Å². The molecule has 2 aromatic rings. The van der Waals surface area contributed by atoms with Gasteiger partial charge in [0, 0.05) is 18.8 Å². The molecule has 0 spiro atoms. The number of anilines is 1. The molecule has 2 aromatic carbocycles. The number of ether oxygens (including phenoxy) is 2. The van der Waals surface area contributed by atoms with E-state index in [0.29, 0.717) is 18.0 Å². The van der Waals surface area contributed by atoms with Crippen LogP contribution in [0, 0.1) is 25.2 Å². The number of nitriles is 1. The van der Waals surface area contributed by atoms with E-state index >= 15 is 0 Å². The number of amides is 1. The number of hydrogen-bond donors (Lipinski definition) is 1. The average Bonchev–Trinajstić information content (AvgIpc) is 2.78. The van der Waals surface area contributed by atoms with Crippen molar-refractivity contribution in [2.75, 3.05) is 31.2 Å². The molecular formula is C24H29N3O6S. The highest BCUT2D eigenvalue weighted by Gasteiger charge is 2.19. The number of hydrogen-bond acceptors (Lipinski definition) is 7. The van der Waals surface area contributed by atoms with E-state index in [1.54, 1.807) is 12.1 Å². The first kappa shape index (κ1) is 26.8. The number of carbonyl (C=O) groups is 2. The Labute approximate surface area is 200 Å². The van der Waals surface area contributed by atoms with Crippen molar-refractivity contribution in [3.8, 4) is 11.8 Å². The van der Waals surface area contributed by atoms with Crippen LogP contribution < -0.4 is 14.4 Å². The molecule has 0 radical (unpaired) electrons. The minimum atomic E-state index is -3.81. The second-order valence-corrected chi connectivity index (χ2v) is 9.28. The number of nitrogens with zero attached hydrogens (tertiary/aromatic N) is 2. The molecule has 0 bridgehead atoms. The molecule has 0 aromatic heterocycles. The first-order chi connectivity index (χ1) is 16.2. The van der Waals surface area contributed by atoms with Gasteiger partial charge in [0.1, 0.15) is 5.75 Å². The summed E-state index contributed by atoms with van der Waals surface area (Å²) in [6, 6.07) is 13.5. The molecule has 0 aliphatic heterocycles. The van der Waals surface area contributed by atoms with Crippen LogP contribution in [0.1, 0.15) is 30.9 Å². The summed E-state index contributed by atoms with van der Waals surface area (Å²) >= 11 is 0. The lowest BCUT2D eigenvalue weighted by Crippen LogP contribution is -2.36. The van der Waals surface area contributed by atoms with Gasteiger partial charge in [-0.15, -0.1) is 0 Å². The summed E-state index contributed by atoms with van der Waals surface area (Å²) in [5.41, 5.74) is 2.54. The van der Waals surface area contributed by atoms with Gasteiger partial charge in [0.15, 0.2) is 6.61 Å². The molecule has 0 aliphatic rings. The van der Waals surface area contributed by atoms with Crippen molar-refractivity contribution in [2.24, 2.45) is 0 Å². The summed E-state index contributed by atoms with van der Waals surface area (Å²) in [7, 11) is -3.81. The van der Waals surface area contributed by atoms with Crippen LogP contribution in [0.2, 0.25) is 0 Å². The Bertz CT molecular complexity index is 1120. The molecule has 0 saturated heterocycles. The van der Waals surface area contributed by atoms with Crippen LogP contribution in [0.4, 0.5) is 5.69 Å². The average molecular weight is 488 g/mol. The van der Waals surface area contributed by atoms with Crippen LogP contribution in [0.15, 0.2) is 47.4 Å². The number of carbonyl (C=O) groups excluding carboxylic acids is 2. The lowest BCUT2D eigenvalue weighted by Gasteiger charge is -2.22. The largest absolute Gasteiger partial charge is 0.494 e. The zero-order chi connectivity index (χ0) is 25.1. The first-order valence-electron chi connectivity index (χ1n) is 10.8. The molecule has 34 heavy (non-hydrogen) atoms. The SMILES string of the molecule is CCOc1ccc(S(=O)(=O)NCCC(=O)OCC(=O)N(CCC#N)c2cc(C)cc(C)c2)cc1. The van der Waals surface area contributed by atoms with E-state index < -0.39 is 28.5 Å². The van der Waals surface area contributed by atoms with Crippen molar-refractivity contribution in [2.45, 2.75) is 38.5 Å². The second kappa shape index (κ2) is 12.7. The normalized spacial score (nSPS) is 10.9. The Morgan fingerprint density at radius 3 is 2.32 bits per heavy atom. The molecule has 1 amide bonds. The predicted molar refractivity (Wildman–Crippen MR) is 127 cm³/mol. The van der Waals surface area contributed by atoms with Gasteiger partial charge in [-0.3, -0.25) is 9.59 Å². The Morgan fingerprint density at radius 1 is 1.09 bits per heavy atom. The molecule has 0 saturated carbocycles. The maximum Gasteiger partial charge on any atom is 0.307 e. The van der Waals surface area contributed by atoms with Crippen molar-refractivity contribution in [3.05, 3.63) is 53.6 Å². The van der Waals surface area contributed by atoms with Crippen LogP contribution >= 0.6 is 0 Å². The van der Waals surface area contributed by atoms with Crippen molar-refractivity contribution in [1.29, 1.82) is 5.26 Å². The van der Waals surface area contributed by atoms with Crippen LogP contribution in [0.5, 0.6) is 5.75 Å². The van der Waals surface area contributed by atoms with Gasteiger partial charge in [0.25, 0.3) is 5.91 Å². The van der Waals surface area contributed by atoms with Gasteiger partial charge >= 0.3 is 5.97 Å². The highest BCUT2D eigenvalue weighted by molar-refractivity contribution is 7.89. The molecule has 0 fully saturated rings. The van der Waals surface area contributed by atoms with E-state index in [-0.39, 0.29) is 30.8 Å². The van der Waals surface area contributed by atoms with Crippen molar-refractivity contribution in [1.82, 2.24) is 4.72 Å². The smallest absolute Gasteiger partial charge is 0.307 e. The third-order valence-corrected chi connectivity index (χ3v) is 6.17. The van der Waals surface area contributed by atoms with Crippen molar-refractivity contribution < 1.29 is 27.5 Å². The lowest BCUT2D eigenvalue weighted by atomic mass is 10.1. The zero-order valence-corrected chi connectivity index (χ0v) is 20.4. The quantitative estimate of drug-likeness (QED) is 0.456. The van der Waals surface area contributed by atoms with E-state index in [1.165, 1.54) is 17.0 Å². The minimum Gasteiger partial charge on any atom is -0.494 e. The monoisotopic (exact) mass is 487 g/mol. The number of esters is 1. The predicted octanol–water partition coefficient (Wildman–Crippen LogP) is 2.86. The molecule has 0 atom stereocenters. The summed E-state index contributed by atoms with van der Waals surface area (Å²) in [4.78, 5) is 26.2. The van der Waals surface area contributed by atoms with Gasteiger partial charge in [-0.25, -0.2) is 13.1 Å². The van der Waals surface area contributed by atoms with E-state index in [1.807, 2.05) is 45.0 Å². The fraction of sp³-hybridized carbons (Fsp3) is 0.375. The second-order valence-electron chi connectivity index (χ2n) is 7.51. The molecule has 1 N–H and O–H groups in total. The summed E-state index contributed by atoms with van der Waals surface area (Å²) in [6.07, 6.45) is -0.120. The molecule has 0 unspecified atom stereocenters. The van der Waals surface area contributed by atoms with Gasteiger partial charge in [-0.2, -0.15) is 5.26 Å². The van der Waals surface area contributed by atoms with Crippen LogP contribution in [0.25, 0.3) is 0 Å². The molecule has 9 nitrogen and oxygen atoms in total. The minimum absolute atomic E-state index is 0.0427. The molecule has 10 heteroatoms. The molecular weight excluding hydrogens is 458 g/mol. The molecule has 0 heterocycles. The van der Waals surface area contributed by atoms with Crippen LogP contribution in [0.3, 0.4) is 0 Å². The molecule has 0 aliphatic carbocycles. The van der Waals surface area contributed by atoms with Gasteiger partial charge in [-0.05, 0) is 68.3 Å². The van der Waals surface area contributed by atoms with Gasteiger partial charge in [0.2, 0.25) is 10.0 Å². The Morgan fingerprint density at radius 2 is 1.74 bits per heavy atom. The van der Waals surface area contributed by atoms with E-state index in [9.17, 15) is 18.0 Å². The third kappa shape index (κ3) is 8.17. The van der Waals surface area contributed by atoms with Gasteiger partial charge in [-0.1, -0.05) is 6.07 Å². The van der Waals surface area contributed by atoms with E-state index in [2.05, 4.69) is 4.72 Å². The summed E-state index contributed by atoms with van der Waals surface area (Å²) < 4.78 is 37.4. The highest BCUT2D eigenvalue weighted by atomic mass is 32.2. The van der Waals surface area contributed by atoms with Crippen LogP contribution in [-0.2, 0) is 24.3 Å². The number of rotatable bonds is 12. The summed E-state index contributed by atoms with van der Waals surface area (Å²) in [5.74, 6) is -0.633. The highest BCUT2D eigenvalue weighted by Crippen LogP contribution is 2.20. The summed E-state index contributed by atoms with van der Waals surface area (Å²) in [6.45, 7) is 5.57. The summed E-state index contributed by atoms with van der Waals surface area (Å²) in [5, 5.41) is 8.92. The molecule has 2 rings (SSSR count). The zero-order valence-electron chi connectivity index (χ0n) is 19.5. The topological polar surface area (TPSA) is 126 Å². The number of sulfonamides is 1. The maximum absolute atomic E-state index is 12.7. The first-order valence-corrected chi connectivity index (χ1v) is 12.3. The maximum atomic E-state index is 12.7.